The quantitative estimate of drug-likeness (QED) is 0.658. The van der Waals surface area contributed by atoms with Crippen LogP contribution in [0, 0.1) is 60.3 Å². The molecule has 3 atom stereocenters. The summed E-state index contributed by atoms with van der Waals surface area (Å²) in [6.07, 6.45) is 0.988. The summed E-state index contributed by atoms with van der Waals surface area (Å²) in [6.45, 7) is 14.3. The van der Waals surface area contributed by atoms with E-state index in [-0.39, 0.29) is 29.6 Å². The first-order valence-electron chi connectivity index (χ1n) is 10.9. The SMILES string of the molecule is COC(=O)C1CC(C(=O)N(C)c2c(C)c(C)c(C)c(C)c2C)[C@H](c2noc(C)c2C)C1. The molecular formula is C25H34N2O4. The van der Waals surface area contributed by atoms with Crippen LogP contribution in [-0.2, 0) is 14.3 Å². The monoisotopic (exact) mass is 426 g/mol. The summed E-state index contributed by atoms with van der Waals surface area (Å²) in [5.74, 6) is -0.381. The fraction of sp³-hybridized carbons (Fsp3) is 0.560. The van der Waals surface area contributed by atoms with Crippen molar-refractivity contribution < 1.29 is 18.8 Å². The zero-order valence-electron chi connectivity index (χ0n) is 20.2. The Morgan fingerprint density at radius 2 is 1.45 bits per heavy atom. The van der Waals surface area contributed by atoms with Crippen LogP contribution in [0.15, 0.2) is 4.52 Å². The highest BCUT2D eigenvalue weighted by Crippen LogP contribution is 2.46. The van der Waals surface area contributed by atoms with Crippen LogP contribution in [0.2, 0.25) is 0 Å². The predicted molar refractivity (Wildman–Crippen MR) is 120 cm³/mol. The van der Waals surface area contributed by atoms with Gasteiger partial charge in [-0.05, 0) is 89.1 Å². The molecule has 0 spiro atoms. The van der Waals surface area contributed by atoms with Gasteiger partial charge in [-0.2, -0.15) is 0 Å². The average Bonchev–Trinajstić information content (AvgIpc) is 3.33. The summed E-state index contributed by atoms with van der Waals surface area (Å²) in [7, 11) is 3.24. The molecule has 0 radical (unpaired) electrons. The zero-order chi connectivity index (χ0) is 23.2. The van der Waals surface area contributed by atoms with Crippen molar-refractivity contribution in [3.63, 3.8) is 0 Å². The molecule has 0 aliphatic heterocycles. The van der Waals surface area contributed by atoms with Gasteiger partial charge in [-0.25, -0.2) is 0 Å². The van der Waals surface area contributed by atoms with Gasteiger partial charge in [-0.3, -0.25) is 9.59 Å². The summed E-state index contributed by atoms with van der Waals surface area (Å²) in [5, 5.41) is 4.26. The standard InChI is InChI=1S/C25H34N2O4/c1-12-13(2)15(4)23(16(5)14(12)3)27(8)24(28)21-11-19(25(29)30-9)10-20(21)22-17(6)18(7)31-26-22/h19-21H,10-11H2,1-9H3/t19?,20-,21?/m1/s1. The Morgan fingerprint density at radius 3 is 1.94 bits per heavy atom. The molecule has 31 heavy (non-hydrogen) atoms. The van der Waals surface area contributed by atoms with Crippen LogP contribution in [0.3, 0.4) is 0 Å². The Morgan fingerprint density at radius 1 is 0.903 bits per heavy atom. The molecule has 1 amide bonds. The molecule has 0 saturated heterocycles. The summed E-state index contributed by atoms with van der Waals surface area (Å²) in [4.78, 5) is 27.9. The van der Waals surface area contributed by atoms with Crippen molar-refractivity contribution in [3.8, 4) is 0 Å². The second-order valence-corrected chi connectivity index (χ2v) is 9.02. The van der Waals surface area contributed by atoms with Crippen LogP contribution in [0.4, 0.5) is 5.69 Å². The van der Waals surface area contributed by atoms with Gasteiger partial charge < -0.3 is 14.2 Å². The van der Waals surface area contributed by atoms with Crippen molar-refractivity contribution >= 4 is 17.6 Å². The molecule has 168 valence electrons. The highest BCUT2D eigenvalue weighted by Gasteiger charge is 2.46. The zero-order valence-corrected chi connectivity index (χ0v) is 20.2. The number of ether oxygens (including phenoxy) is 1. The lowest BCUT2D eigenvalue weighted by Crippen LogP contribution is -2.35. The molecule has 1 aromatic carbocycles. The molecule has 1 saturated carbocycles. The van der Waals surface area contributed by atoms with Crippen LogP contribution in [0.25, 0.3) is 0 Å². The second-order valence-electron chi connectivity index (χ2n) is 9.02. The summed E-state index contributed by atoms with van der Waals surface area (Å²) in [6, 6.07) is 0. The molecule has 0 N–H and O–H groups in total. The largest absolute Gasteiger partial charge is 0.469 e. The van der Waals surface area contributed by atoms with E-state index in [1.807, 2.05) is 20.9 Å². The number of hydrogen-bond donors (Lipinski definition) is 0. The van der Waals surface area contributed by atoms with Crippen molar-refractivity contribution in [2.75, 3.05) is 19.1 Å². The smallest absolute Gasteiger partial charge is 0.308 e. The Labute approximate surface area is 184 Å². The third kappa shape index (κ3) is 3.77. The van der Waals surface area contributed by atoms with Crippen molar-refractivity contribution in [3.05, 3.63) is 44.8 Å². The van der Waals surface area contributed by atoms with Gasteiger partial charge in [0.25, 0.3) is 0 Å². The Hall–Kier alpha value is -2.63. The number of carbonyl (C=O) groups is 2. The molecule has 0 bridgehead atoms. The van der Waals surface area contributed by atoms with Gasteiger partial charge >= 0.3 is 5.97 Å². The third-order valence-electron chi connectivity index (χ3n) is 7.59. The number of nitrogens with zero attached hydrogens (tertiary/aromatic N) is 2. The van der Waals surface area contributed by atoms with E-state index in [4.69, 9.17) is 9.26 Å². The van der Waals surface area contributed by atoms with Gasteiger partial charge in [0.2, 0.25) is 5.91 Å². The van der Waals surface area contributed by atoms with E-state index >= 15 is 0 Å². The van der Waals surface area contributed by atoms with E-state index in [0.717, 1.165) is 33.8 Å². The van der Waals surface area contributed by atoms with Crippen molar-refractivity contribution in [1.82, 2.24) is 5.16 Å². The Bertz CT molecular complexity index is 1010. The first kappa shape index (κ1) is 23.0. The van der Waals surface area contributed by atoms with Crippen molar-refractivity contribution in [2.45, 2.75) is 67.2 Å². The maximum Gasteiger partial charge on any atom is 0.308 e. The molecule has 6 nitrogen and oxygen atoms in total. The van der Waals surface area contributed by atoms with Crippen molar-refractivity contribution in [1.29, 1.82) is 0 Å². The van der Waals surface area contributed by atoms with Gasteiger partial charge in [0, 0.05) is 30.1 Å². The number of amides is 1. The third-order valence-corrected chi connectivity index (χ3v) is 7.59. The number of hydrogen-bond acceptors (Lipinski definition) is 5. The highest BCUT2D eigenvalue weighted by molar-refractivity contribution is 5.97. The molecule has 6 heteroatoms. The Balaban J connectivity index is 2.03. The van der Waals surface area contributed by atoms with E-state index in [0.29, 0.717) is 12.8 Å². The number of anilines is 1. The van der Waals surface area contributed by atoms with Crippen LogP contribution < -0.4 is 4.90 Å². The number of methoxy groups -OCH3 is 1. The molecule has 1 aliphatic rings. The maximum atomic E-state index is 13.8. The Kier molecular flexibility index (Phi) is 6.30. The first-order valence-corrected chi connectivity index (χ1v) is 10.9. The van der Waals surface area contributed by atoms with E-state index < -0.39 is 0 Å². The van der Waals surface area contributed by atoms with Gasteiger partial charge in [0.05, 0.1) is 18.7 Å². The van der Waals surface area contributed by atoms with Crippen LogP contribution in [-0.4, -0.2) is 31.2 Å². The highest BCUT2D eigenvalue weighted by atomic mass is 16.5. The molecule has 1 fully saturated rings. The molecule has 2 unspecified atom stereocenters. The maximum absolute atomic E-state index is 13.8. The minimum Gasteiger partial charge on any atom is -0.469 e. The number of esters is 1. The molecular weight excluding hydrogens is 392 g/mol. The number of carbonyl (C=O) groups excluding carboxylic acids is 2. The lowest BCUT2D eigenvalue weighted by Gasteiger charge is -2.29. The topological polar surface area (TPSA) is 72.6 Å². The first-order chi connectivity index (χ1) is 14.5. The lowest BCUT2D eigenvalue weighted by molar-refractivity contribution is -0.145. The van der Waals surface area contributed by atoms with Crippen LogP contribution >= 0.6 is 0 Å². The average molecular weight is 427 g/mol. The fourth-order valence-electron chi connectivity index (χ4n) is 5.10. The van der Waals surface area contributed by atoms with Crippen LogP contribution in [0.1, 0.15) is 63.6 Å². The minimum absolute atomic E-state index is 0.00492. The number of aromatic nitrogens is 1. The molecule has 3 rings (SSSR count). The van der Waals surface area contributed by atoms with Gasteiger partial charge in [0.1, 0.15) is 5.76 Å². The molecule has 1 aromatic heterocycles. The number of aryl methyl sites for hydroxylation is 1. The summed E-state index contributed by atoms with van der Waals surface area (Å²) < 4.78 is 10.4. The predicted octanol–water partition coefficient (Wildman–Crippen LogP) is 4.78. The molecule has 1 aliphatic carbocycles. The number of benzene rings is 1. The normalized spacial score (nSPS) is 20.7. The van der Waals surface area contributed by atoms with Gasteiger partial charge in [-0.1, -0.05) is 5.16 Å². The van der Waals surface area contributed by atoms with E-state index in [1.165, 1.54) is 23.8 Å². The van der Waals surface area contributed by atoms with Crippen LogP contribution in [0.5, 0.6) is 0 Å². The number of rotatable bonds is 4. The van der Waals surface area contributed by atoms with E-state index in [1.54, 1.807) is 4.90 Å². The lowest BCUT2D eigenvalue weighted by atomic mass is 9.88. The van der Waals surface area contributed by atoms with Gasteiger partial charge in [0.15, 0.2) is 0 Å². The molecule has 2 aromatic rings. The second kappa shape index (κ2) is 8.48. The summed E-state index contributed by atoms with van der Waals surface area (Å²) in [5.41, 5.74) is 8.59. The summed E-state index contributed by atoms with van der Waals surface area (Å²) >= 11 is 0. The van der Waals surface area contributed by atoms with E-state index in [2.05, 4.69) is 39.8 Å². The molecule has 1 heterocycles. The van der Waals surface area contributed by atoms with Gasteiger partial charge in [-0.15, -0.1) is 0 Å². The van der Waals surface area contributed by atoms with E-state index in [9.17, 15) is 9.59 Å². The fourth-order valence-corrected chi connectivity index (χ4v) is 5.10. The van der Waals surface area contributed by atoms with Crippen molar-refractivity contribution in [2.24, 2.45) is 11.8 Å². The minimum atomic E-state index is -0.363.